The average molecular weight is 393 g/mol. The minimum absolute atomic E-state index is 0.134. The second-order valence-corrected chi connectivity index (χ2v) is 7.32. The fraction of sp³-hybridized carbons (Fsp3) is 0.190. The van der Waals surface area contributed by atoms with E-state index >= 15 is 0 Å². The monoisotopic (exact) mass is 393 g/mol. The van der Waals surface area contributed by atoms with Crippen LogP contribution in [-0.2, 0) is 9.59 Å². The molecule has 0 radical (unpaired) electrons. The zero-order valence-electron chi connectivity index (χ0n) is 15.5. The van der Waals surface area contributed by atoms with Crippen molar-refractivity contribution in [2.75, 3.05) is 16.3 Å². The molecule has 2 heterocycles. The van der Waals surface area contributed by atoms with Gasteiger partial charge in [-0.2, -0.15) is 0 Å². The number of para-hydroxylation sites is 3. The third-order valence-electron chi connectivity index (χ3n) is 4.46. The second kappa shape index (κ2) is 7.44. The highest BCUT2D eigenvalue weighted by atomic mass is 32.1. The first kappa shape index (κ1) is 18.2. The Morgan fingerprint density at radius 3 is 2.54 bits per heavy atom. The lowest BCUT2D eigenvalue weighted by Crippen LogP contribution is -2.50. The summed E-state index contributed by atoms with van der Waals surface area (Å²) in [5.74, 6) is 0.122. The van der Waals surface area contributed by atoms with E-state index < -0.39 is 6.10 Å². The minimum Gasteiger partial charge on any atom is -0.476 e. The maximum atomic E-state index is 13.5. The molecule has 0 fully saturated rings. The van der Waals surface area contributed by atoms with Crippen LogP contribution in [0.25, 0.3) is 0 Å². The molecule has 6 nitrogen and oxygen atoms in total. The molecule has 28 heavy (non-hydrogen) atoms. The van der Waals surface area contributed by atoms with Crippen LogP contribution < -0.4 is 14.5 Å². The highest BCUT2D eigenvalue weighted by Crippen LogP contribution is 2.35. The summed E-state index contributed by atoms with van der Waals surface area (Å²) in [6.45, 7) is 3.53. The number of rotatable bonds is 3. The number of anilines is 3. The Balaban J connectivity index is 1.72. The van der Waals surface area contributed by atoms with Crippen molar-refractivity contribution in [2.24, 2.45) is 0 Å². The topological polar surface area (TPSA) is 62.7 Å². The molecule has 0 aliphatic carbocycles. The largest absolute Gasteiger partial charge is 0.476 e. The van der Waals surface area contributed by atoms with E-state index in [0.717, 1.165) is 5.69 Å². The van der Waals surface area contributed by atoms with Crippen LogP contribution in [0.1, 0.15) is 12.6 Å². The van der Waals surface area contributed by atoms with Gasteiger partial charge in [-0.1, -0.05) is 30.3 Å². The standard InChI is InChI=1S/C21H19N3O3S/c1-14-13-28-21(22-14)24(16-8-4-3-5-9-16)20(26)19-12-23(15(2)25)17-10-6-7-11-18(17)27-19/h3-11,13,19H,12H2,1-2H3/t19-/m0/s1. The first-order valence-electron chi connectivity index (χ1n) is 8.89. The van der Waals surface area contributed by atoms with Gasteiger partial charge in [0.1, 0.15) is 5.75 Å². The molecule has 0 bridgehead atoms. The van der Waals surface area contributed by atoms with Crippen LogP contribution in [0.15, 0.2) is 60.0 Å². The third-order valence-corrected chi connectivity index (χ3v) is 5.41. The normalized spacial score (nSPS) is 15.5. The number of hydrogen-bond donors (Lipinski definition) is 0. The summed E-state index contributed by atoms with van der Waals surface area (Å²) in [7, 11) is 0. The van der Waals surface area contributed by atoms with E-state index in [4.69, 9.17) is 4.74 Å². The Morgan fingerprint density at radius 2 is 1.86 bits per heavy atom. The Morgan fingerprint density at radius 1 is 1.14 bits per heavy atom. The van der Waals surface area contributed by atoms with Crippen molar-refractivity contribution in [1.82, 2.24) is 4.98 Å². The van der Waals surface area contributed by atoms with Crippen molar-refractivity contribution in [1.29, 1.82) is 0 Å². The quantitative estimate of drug-likeness (QED) is 0.676. The fourth-order valence-corrected chi connectivity index (χ4v) is 3.98. The summed E-state index contributed by atoms with van der Waals surface area (Å²) in [4.78, 5) is 33.3. The van der Waals surface area contributed by atoms with Gasteiger partial charge in [-0.25, -0.2) is 4.98 Å². The number of nitrogens with zero attached hydrogens (tertiary/aromatic N) is 3. The summed E-state index contributed by atoms with van der Waals surface area (Å²) in [5.41, 5.74) is 2.23. The zero-order chi connectivity index (χ0) is 19.7. The molecule has 0 spiro atoms. The highest BCUT2D eigenvalue weighted by Gasteiger charge is 2.36. The van der Waals surface area contributed by atoms with E-state index in [2.05, 4.69) is 4.98 Å². The van der Waals surface area contributed by atoms with Crippen molar-refractivity contribution in [3.05, 3.63) is 65.7 Å². The molecule has 0 unspecified atom stereocenters. The number of fused-ring (bicyclic) bond motifs is 1. The number of aryl methyl sites for hydroxylation is 1. The van der Waals surface area contributed by atoms with Crippen LogP contribution in [0.2, 0.25) is 0 Å². The second-order valence-electron chi connectivity index (χ2n) is 6.48. The SMILES string of the molecule is CC(=O)N1C[C@@H](C(=O)N(c2ccccc2)c2nc(C)cs2)Oc2ccccc21. The number of benzene rings is 2. The van der Waals surface area contributed by atoms with E-state index in [9.17, 15) is 9.59 Å². The van der Waals surface area contributed by atoms with Gasteiger partial charge in [0, 0.05) is 12.3 Å². The predicted octanol–water partition coefficient (Wildman–Crippen LogP) is 3.93. The van der Waals surface area contributed by atoms with Crippen molar-refractivity contribution < 1.29 is 14.3 Å². The lowest BCUT2D eigenvalue weighted by atomic mass is 10.1. The van der Waals surface area contributed by atoms with Crippen molar-refractivity contribution in [3.8, 4) is 5.75 Å². The summed E-state index contributed by atoms with van der Waals surface area (Å²) in [5, 5.41) is 2.47. The maximum Gasteiger partial charge on any atom is 0.276 e. The van der Waals surface area contributed by atoms with Crippen molar-refractivity contribution in [2.45, 2.75) is 20.0 Å². The molecule has 2 amide bonds. The number of thiazole rings is 1. The van der Waals surface area contributed by atoms with Gasteiger partial charge in [0.2, 0.25) is 5.91 Å². The zero-order valence-corrected chi connectivity index (χ0v) is 16.3. The Kier molecular flexibility index (Phi) is 4.83. The van der Waals surface area contributed by atoms with Crippen LogP contribution in [0.3, 0.4) is 0 Å². The molecule has 4 rings (SSSR count). The molecule has 3 aromatic rings. The number of carbonyl (C=O) groups excluding carboxylic acids is 2. The number of hydrogen-bond acceptors (Lipinski definition) is 5. The number of aromatic nitrogens is 1. The van der Waals surface area contributed by atoms with Crippen molar-refractivity contribution >= 4 is 39.7 Å². The van der Waals surface area contributed by atoms with Gasteiger partial charge in [-0.15, -0.1) is 11.3 Å². The molecule has 0 saturated heterocycles. The van der Waals surface area contributed by atoms with Gasteiger partial charge in [-0.05, 0) is 31.2 Å². The molecule has 1 aliphatic heterocycles. The van der Waals surface area contributed by atoms with Gasteiger partial charge < -0.3 is 9.64 Å². The van der Waals surface area contributed by atoms with Crippen LogP contribution in [0.4, 0.5) is 16.5 Å². The smallest absolute Gasteiger partial charge is 0.276 e. The van der Waals surface area contributed by atoms with Crippen LogP contribution in [0.5, 0.6) is 5.75 Å². The van der Waals surface area contributed by atoms with E-state index in [1.165, 1.54) is 18.3 Å². The van der Waals surface area contributed by atoms with Crippen LogP contribution in [0, 0.1) is 6.92 Å². The highest BCUT2D eigenvalue weighted by molar-refractivity contribution is 7.14. The first-order valence-corrected chi connectivity index (χ1v) is 9.77. The molecular weight excluding hydrogens is 374 g/mol. The van der Waals surface area contributed by atoms with E-state index in [1.807, 2.05) is 60.8 Å². The molecule has 1 atom stereocenters. The van der Waals surface area contributed by atoms with Crippen LogP contribution in [-0.4, -0.2) is 29.4 Å². The van der Waals surface area contributed by atoms with Gasteiger partial charge in [-0.3, -0.25) is 14.5 Å². The Hall–Kier alpha value is -3.19. The van der Waals surface area contributed by atoms with E-state index in [0.29, 0.717) is 22.3 Å². The molecular formula is C21H19N3O3S. The van der Waals surface area contributed by atoms with Gasteiger partial charge in [0.05, 0.1) is 23.6 Å². The molecule has 7 heteroatoms. The summed E-state index contributed by atoms with van der Waals surface area (Å²) in [6.07, 6.45) is -0.830. The maximum absolute atomic E-state index is 13.5. The molecule has 0 saturated carbocycles. The van der Waals surface area contributed by atoms with Gasteiger partial charge in [0.25, 0.3) is 5.91 Å². The summed E-state index contributed by atoms with van der Waals surface area (Å²) < 4.78 is 6.00. The summed E-state index contributed by atoms with van der Waals surface area (Å²) >= 11 is 1.40. The molecule has 0 N–H and O–H groups in total. The predicted molar refractivity (Wildman–Crippen MR) is 109 cm³/mol. The third kappa shape index (κ3) is 3.36. The van der Waals surface area contributed by atoms with Crippen molar-refractivity contribution in [3.63, 3.8) is 0 Å². The lowest BCUT2D eigenvalue weighted by molar-refractivity contribution is -0.125. The van der Waals surface area contributed by atoms with Gasteiger partial charge in [0.15, 0.2) is 11.2 Å². The lowest BCUT2D eigenvalue weighted by Gasteiger charge is -2.35. The minimum atomic E-state index is -0.830. The Labute approximate surface area is 167 Å². The van der Waals surface area contributed by atoms with Gasteiger partial charge >= 0.3 is 0 Å². The van der Waals surface area contributed by atoms with Crippen LogP contribution >= 0.6 is 11.3 Å². The molecule has 142 valence electrons. The van der Waals surface area contributed by atoms with E-state index in [1.54, 1.807) is 15.9 Å². The molecule has 1 aliphatic rings. The Bertz CT molecular complexity index is 1020. The molecule has 1 aromatic heterocycles. The molecule has 2 aromatic carbocycles. The van der Waals surface area contributed by atoms with E-state index in [-0.39, 0.29) is 18.4 Å². The number of carbonyl (C=O) groups is 2. The first-order chi connectivity index (χ1) is 13.5. The average Bonchev–Trinajstić information content (AvgIpc) is 3.13. The summed E-state index contributed by atoms with van der Waals surface area (Å²) in [6, 6.07) is 16.6. The fourth-order valence-electron chi connectivity index (χ4n) is 3.16. The number of ether oxygens (including phenoxy) is 1. The number of amides is 2.